The van der Waals surface area contributed by atoms with Gasteiger partial charge in [-0.3, -0.25) is 14.5 Å². The number of amides is 1. The Kier molecular flexibility index (Phi) is 6.07. The SMILES string of the molecule is COc1ccc(C2/C(=C(\O)c3cccc(OC)c3)C(=O)C(=O)N2c2ccc(F)c(Cl)c2)cc1. The summed E-state index contributed by atoms with van der Waals surface area (Å²) in [5.74, 6) is -1.72. The van der Waals surface area contributed by atoms with Crippen molar-refractivity contribution in [2.75, 3.05) is 19.1 Å². The quantitative estimate of drug-likeness (QED) is 0.320. The Hall–Kier alpha value is -3.84. The van der Waals surface area contributed by atoms with Crippen LogP contribution in [0.25, 0.3) is 5.76 Å². The third-order valence-electron chi connectivity index (χ3n) is 5.40. The van der Waals surface area contributed by atoms with Gasteiger partial charge in [-0.2, -0.15) is 0 Å². The number of halogens is 2. The molecule has 0 aromatic heterocycles. The summed E-state index contributed by atoms with van der Waals surface area (Å²) < 4.78 is 24.2. The molecule has 33 heavy (non-hydrogen) atoms. The van der Waals surface area contributed by atoms with Crippen molar-refractivity contribution in [1.82, 2.24) is 0 Å². The number of anilines is 1. The molecule has 1 aliphatic rings. The Labute approximate surface area is 194 Å². The third kappa shape index (κ3) is 4.03. The molecule has 1 fully saturated rings. The zero-order chi connectivity index (χ0) is 23.7. The van der Waals surface area contributed by atoms with Gasteiger partial charge in [0.05, 0.1) is 30.9 Å². The summed E-state index contributed by atoms with van der Waals surface area (Å²) in [6.07, 6.45) is 0. The largest absolute Gasteiger partial charge is 0.507 e. The molecule has 1 N–H and O–H groups in total. The average Bonchev–Trinajstić information content (AvgIpc) is 3.10. The molecule has 1 aliphatic heterocycles. The van der Waals surface area contributed by atoms with Crippen LogP contribution in [0.1, 0.15) is 17.2 Å². The summed E-state index contributed by atoms with van der Waals surface area (Å²) in [6, 6.07) is 16.0. The first-order valence-corrected chi connectivity index (χ1v) is 10.3. The average molecular weight is 468 g/mol. The fourth-order valence-electron chi connectivity index (χ4n) is 3.76. The molecule has 0 radical (unpaired) electrons. The number of nitrogens with zero attached hydrogens (tertiary/aromatic N) is 1. The number of carbonyl (C=O) groups excluding carboxylic acids is 2. The molecule has 8 heteroatoms. The Balaban J connectivity index is 1.94. The standard InChI is InChI=1S/C25H19ClFNO5/c1-32-17-9-6-14(7-10-17)22-21(23(29)15-4-3-5-18(12-15)33-2)24(30)25(31)28(22)16-8-11-20(27)19(26)13-16/h3-13,22,29H,1-2H3/b23-21+. The summed E-state index contributed by atoms with van der Waals surface area (Å²) in [4.78, 5) is 27.5. The second-order valence-corrected chi connectivity index (χ2v) is 7.68. The Bertz CT molecular complexity index is 1270. The van der Waals surface area contributed by atoms with Crippen LogP contribution in [0.2, 0.25) is 5.02 Å². The topological polar surface area (TPSA) is 76.1 Å². The molecule has 6 nitrogen and oxygen atoms in total. The Morgan fingerprint density at radius 2 is 1.67 bits per heavy atom. The predicted octanol–water partition coefficient (Wildman–Crippen LogP) is 5.12. The van der Waals surface area contributed by atoms with Gasteiger partial charge in [0.25, 0.3) is 11.7 Å². The van der Waals surface area contributed by atoms with Gasteiger partial charge in [0, 0.05) is 11.3 Å². The Morgan fingerprint density at radius 1 is 0.970 bits per heavy atom. The highest BCUT2D eigenvalue weighted by atomic mass is 35.5. The van der Waals surface area contributed by atoms with Gasteiger partial charge in [0.1, 0.15) is 23.1 Å². The molecule has 1 saturated heterocycles. The summed E-state index contributed by atoms with van der Waals surface area (Å²) in [6.45, 7) is 0. The van der Waals surface area contributed by atoms with Crippen LogP contribution in [0.15, 0.2) is 72.3 Å². The van der Waals surface area contributed by atoms with Crippen LogP contribution in [-0.4, -0.2) is 31.0 Å². The molecular formula is C25H19ClFNO5. The van der Waals surface area contributed by atoms with E-state index in [1.165, 1.54) is 31.3 Å². The van der Waals surface area contributed by atoms with Crippen molar-refractivity contribution in [3.8, 4) is 11.5 Å². The van der Waals surface area contributed by atoms with Gasteiger partial charge < -0.3 is 14.6 Å². The van der Waals surface area contributed by atoms with Crippen LogP contribution < -0.4 is 14.4 Å². The summed E-state index contributed by atoms with van der Waals surface area (Å²) >= 11 is 5.95. The molecule has 0 aliphatic carbocycles. The van der Waals surface area contributed by atoms with E-state index in [0.717, 1.165) is 6.07 Å². The molecule has 0 saturated carbocycles. The summed E-state index contributed by atoms with van der Waals surface area (Å²) in [7, 11) is 3.00. The van der Waals surface area contributed by atoms with Gasteiger partial charge in [0.15, 0.2) is 0 Å². The molecule has 168 valence electrons. The lowest BCUT2D eigenvalue weighted by molar-refractivity contribution is -0.132. The van der Waals surface area contributed by atoms with E-state index in [0.29, 0.717) is 22.6 Å². The molecule has 1 atom stereocenters. The van der Waals surface area contributed by atoms with E-state index in [1.54, 1.807) is 48.5 Å². The number of Topliss-reactive ketones (excluding diaryl/α,β-unsaturated/α-hetero) is 1. The van der Waals surface area contributed by atoms with E-state index >= 15 is 0 Å². The molecule has 1 amide bonds. The minimum Gasteiger partial charge on any atom is -0.507 e. The predicted molar refractivity (Wildman–Crippen MR) is 122 cm³/mol. The van der Waals surface area contributed by atoms with Gasteiger partial charge in [-0.15, -0.1) is 0 Å². The number of carbonyl (C=O) groups is 2. The number of ketones is 1. The fourth-order valence-corrected chi connectivity index (χ4v) is 3.94. The first-order chi connectivity index (χ1) is 15.8. The molecular weight excluding hydrogens is 449 g/mol. The number of hydrogen-bond donors (Lipinski definition) is 1. The van der Waals surface area contributed by atoms with Crippen molar-refractivity contribution in [2.24, 2.45) is 0 Å². The lowest BCUT2D eigenvalue weighted by Crippen LogP contribution is -2.29. The monoisotopic (exact) mass is 467 g/mol. The zero-order valence-corrected chi connectivity index (χ0v) is 18.5. The maximum atomic E-state index is 13.8. The third-order valence-corrected chi connectivity index (χ3v) is 5.69. The maximum absolute atomic E-state index is 13.8. The van der Waals surface area contributed by atoms with Crippen molar-refractivity contribution in [3.05, 3.63) is 94.3 Å². The van der Waals surface area contributed by atoms with Gasteiger partial charge in [-0.05, 0) is 48.0 Å². The van der Waals surface area contributed by atoms with E-state index in [4.69, 9.17) is 21.1 Å². The normalized spacial score (nSPS) is 17.3. The minimum atomic E-state index is -0.983. The molecule has 3 aromatic rings. The lowest BCUT2D eigenvalue weighted by Gasteiger charge is -2.25. The van der Waals surface area contributed by atoms with Crippen molar-refractivity contribution in [2.45, 2.75) is 6.04 Å². The number of ether oxygens (including phenoxy) is 2. The van der Waals surface area contributed by atoms with E-state index in [9.17, 15) is 19.1 Å². The Morgan fingerprint density at radius 3 is 2.30 bits per heavy atom. The van der Waals surface area contributed by atoms with Crippen molar-refractivity contribution < 1.29 is 28.6 Å². The molecule has 1 heterocycles. The number of methoxy groups -OCH3 is 2. The first-order valence-electron chi connectivity index (χ1n) is 9.90. The van der Waals surface area contributed by atoms with E-state index in [-0.39, 0.29) is 22.0 Å². The molecule has 4 rings (SSSR count). The van der Waals surface area contributed by atoms with Crippen LogP contribution in [0.4, 0.5) is 10.1 Å². The number of rotatable bonds is 5. The molecule has 0 spiro atoms. The van der Waals surface area contributed by atoms with Crippen molar-refractivity contribution in [3.63, 3.8) is 0 Å². The fraction of sp³-hybridized carbons (Fsp3) is 0.120. The molecule has 0 bridgehead atoms. The highest BCUT2D eigenvalue weighted by molar-refractivity contribution is 6.51. The highest BCUT2D eigenvalue weighted by Crippen LogP contribution is 2.43. The highest BCUT2D eigenvalue weighted by Gasteiger charge is 2.47. The van der Waals surface area contributed by atoms with E-state index in [2.05, 4.69) is 0 Å². The zero-order valence-electron chi connectivity index (χ0n) is 17.7. The maximum Gasteiger partial charge on any atom is 0.300 e. The number of benzene rings is 3. The lowest BCUT2D eigenvalue weighted by atomic mass is 9.95. The van der Waals surface area contributed by atoms with Crippen LogP contribution in [-0.2, 0) is 9.59 Å². The van der Waals surface area contributed by atoms with Gasteiger partial charge in [-0.1, -0.05) is 35.9 Å². The summed E-state index contributed by atoms with van der Waals surface area (Å²) in [5.41, 5.74) is 0.954. The second-order valence-electron chi connectivity index (χ2n) is 7.27. The first kappa shape index (κ1) is 22.4. The van der Waals surface area contributed by atoms with Crippen molar-refractivity contribution in [1.29, 1.82) is 0 Å². The second kappa shape index (κ2) is 8.96. The van der Waals surface area contributed by atoms with E-state index in [1.807, 2.05) is 0 Å². The van der Waals surface area contributed by atoms with Crippen LogP contribution in [0, 0.1) is 5.82 Å². The number of aliphatic hydroxyl groups excluding tert-OH is 1. The summed E-state index contributed by atoms with van der Waals surface area (Å²) in [5, 5.41) is 10.9. The van der Waals surface area contributed by atoms with Gasteiger partial charge in [-0.25, -0.2) is 4.39 Å². The van der Waals surface area contributed by atoms with E-state index < -0.39 is 23.5 Å². The van der Waals surface area contributed by atoms with Crippen LogP contribution >= 0.6 is 11.6 Å². The van der Waals surface area contributed by atoms with Crippen molar-refractivity contribution >= 4 is 34.7 Å². The van der Waals surface area contributed by atoms with Crippen LogP contribution in [0.3, 0.4) is 0 Å². The van der Waals surface area contributed by atoms with Crippen LogP contribution in [0.5, 0.6) is 11.5 Å². The molecule has 1 unspecified atom stereocenters. The molecule has 3 aromatic carbocycles. The number of aliphatic hydroxyl groups is 1. The smallest absolute Gasteiger partial charge is 0.300 e. The number of hydrogen-bond acceptors (Lipinski definition) is 5. The van der Waals surface area contributed by atoms with Gasteiger partial charge in [0.2, 0.25) is 0 Å². The van der Waals surface area contributed by atoms with Gasteiger partial charge >= 0.3 is 0 Å². The minimum absolute atomic E-state index is 0.112.